The number of aliphatic hydroxyl groups excluding tert-OH is 1. The molecule has 21 heavy (non-hydrogen) atoms. The number of aliphatic hydroxyl groups is 1. The smallest absolute Gasteiger partial charge is 0.312 e. The Morgan fingerprint density at radius 2 is 1.81 bits per heavy atom. The van der Waals surface area contributed by atoms with Gasteiger partial charge in [-0.2, -0.15) is 0 Å². The van der Waals surface area contributed by atoms with E-state index >= 15 is 0 Å². The van der Waals surface area contributed by atoms with Gasteiger partial charge in [-0.1, -0.05) is 33.1 Å². The van der Waals surface area contributed by atoms with Crippen molar-refractivity contribution in [2.24, 2.45) is 17.4 Å². The first-order valence-electron chi connectivity index (χ1n) is 7.07. The van der Waals surface area contributed by atoms with Crippen LogP contribution in [0.25, 0.3) is 0 Å². The monoisotopic (exact) mass is 302 g/mol. The van der Waals surface area contributed by atoms with Crippen LogP contribution in [0.3, 0.4) is 0 Å². The second-order valence-corrected chi connectivity index (χ2v) is 5.19. The van der Waals surface area contributed by atoms with Crippen LogP contribution in [0, 0.1) is 5.92 Å². The van der Waals surface area contributed by atoms with Crippen molar-refractivity contribution in [3.8, 4) is 0 Å². The lowest BCUT2D eigenvalue weighted by atomic mass is 9.97. The van der Waals surface area contributed by atoms with Crippen molar-refractivity contribution in [3.63, 3.8) is 0 Å². The van der Waals surface area contributed by atoms with Crippen molar-refractivity contribution in [1.82, 2.24) is 10.6 Å². The van der Waals surface area contributed by atoms with E-state index in [1.165, 1.54) is 0 Å². The third-order valence-electron chi connectivity index (χ3n) is 3.32. The number of hydrogen-bond donors (Lipinski definition) is 5. The molecule has 8 nitrogen and oxygen atoms in total. The van der Waals surface area contributed by atoms with Gasteiger partial charge in [-0.3, -0.25) is 9.59 Å². The summed E-state index contributed by atoms with van der Waals surface area (Å²) in [4.78, 5) is 33.2. The molecule has 0 heterocycles. The third-order valence-corrected chi connectivity index (χ3v) is 3.32. The molecule has 0 aromatic heterocycles. The molecule has 122 valence electrons. The largest absolute Gasteiger partial charge is 0.381 e. The molecule has 0 fully saturated rings. The minimum absolute atomic E-state index is 0.369. The van der Waals surface area contributed by atoms with Crippen LogP contribution in [-0.2, 0) is 9.59 Å². The van der Waals surface area contributed by atoms with Crippen molar-refractivity contribution in [2.45, 2.75) is 51.7 Å². The summed E-state index contributed by atoms with van der Waals surface area (Å²) < 4.78 is 0. The Kier molecular flexibility index (Phi) is 9.11. The van der Waals surface area contributed by atoms with E-state index in [2.05, 4.69) is 24.5 Å². The fraction of sp³-hybridized carbons (Fsp3) is 0.769. The van der Waals surface area contributed by atoms with E-state index in [-0.39, 0.29) is 6.54 Å². The SMILES string of the molecule is CCC(C)CCC[C@H](NC(N)=O)C(O)C(=O)NCC(N)=O. The van der Waals surface area contributed by atoms with Gasteiger partial charge in [0.25, 0.3) is 5.91 Å². The van der Waals surface area contributed by atoms with Gasteiger partial charge in [0.15, 0.2) is 6.10 Å². The normalized spacial score (nSPS) is 14.8. The Bertz CT molecular complexity index is 362. The average molecular weight is 302 g/mol. The van der Waals surface area contributed by atoms with Gasteiger partial charge in [0, 0.05) is 0 Å². The van der Waals surface area contributed by atoms with Crippen LogP contribution in [0.15, 0.2) is 0 Å². The highest BCUT2D eigenvalue weighted by molar-refractivity contribution is 5.87. The molecule has 7 N–H and O–H groups in total. The van der Waals surface area contributed by atoms with E-state index < -0.39 is 30.0 Å². The van der Waals surface area contributed by atoms with Crippen LogP contribution < -0.4 is 22.1 Å². The van der Waals surface area contributed by atoms with E-state index in [1.807, 2.05) is 0 Å². The number of primary amides is 2. The van der Waals surface area contributed by atoms with Gasteiger partial charge in [0.2, 0.25) is 5.91 Å². The van der Waals surface area contributed by atoms with E-state index in [0.29, 0.717) is 12.3 Å². The van der Waals surface area contributed by atoms with Crippen molar-refractivity contribution >= 4 is 17.8 Å². The van der Waals surface area contributed by atoms with Gasteiger partial charge in [0.05, 0.1) is 12.6 Å². The fourth-order valence-electron chi connectivity index (χ4n) is 1.84. The molecule has 0 saturated carbocycles. The quantitative estimate of drug-likeness (QED) is 0.359. The topological polar surface area (TPSA) is 148 Å². The number of carbonyl (C=O) groups is 3. The molecule has 0 rings (SSSR count). The second kappa shape index (κ2) is 9.98. The van der Waals surface area contributed by atoms with E-state index in [9.17, 15) is 19.5 Å². The number of urea groups is 1. The summed E-state index contributed by atoms with van der Waals surface area (Å²) in [5.74, 6) is -0.956. The molecule has 0 saturated heterocycles. The number of nitrogens with two attached hydrogens (primary N) is 2. The molecule has 8 heteroatoms. The predicted molar refractivity (Wildman–Crippen MR) is 78.0 cm³/mol. The van der Waals surface area contributed by atoms with Crippen LogP contribution in [0.5, 0.6) is 0 Å². The number of carbonyl (C=O) groups excluding carboxylic acids is 3. The molecule has 0 aliphatic heterocycles. The lowest BCUT2D eigenvalue weighted by Gasteiger charge is -2.23. The fourth-order valence-corrected chi connectivity index (χ4v) is 1.84. The minimum Gasteiger partial charge on any atom is -0.381 e. The molecule has 0 aliphatic rings. The maximum atomic E-state index is 11.7. The summed E-state index contributed by atoms with van der Waals surface area (Å²) in [6, 6.07) is -1.61. The summed E-state index contributed by atoms with van der Waals surface area (Å²) in [5, 5.41) is 14.5. The number of hydrogen-bond acceptors (Lipinski definition) is 4. The van der Waals surface area contributed by atoms with Gasteiger partial charge in [-0.25, -0.2) is 4.79 Å². The van der Waals surface area contributed by atoms with E-state index in [1.54, 1.807) is 0 Å². The third kappa shape index (κ3) is 8.85. The highest BCUT2D eigenvalue weighted by Crippen LogP contribution is 2.14. The standard InChI is InChI=1S/C13H26N4O4/c1-3-8(2)5-4-6-9(17-13(15)21)11(19)12(20)16-7-10(14)18/h8-9,11,19H,3-7H2,1-2H3,(H2,14,18)(H,16,20)(H3,15,17,21)/t8?,9-,11?/m0/s1. The van der Waals surface area contributed by atoms with E-state index in [0.717, 1.165) is 19.3 Å². The molecule has 0 bridgehead atoms. The Labute approximate surface area is 124 Å². The zero-order chi connectivity index (χ0) is 16.4. The maximum Gasteiger partial charge on any atom is 0.312 e. The summed E-state index contributed by atoms with van der Waals surface area (Å²) in [7, 11) is 0. The molecule has 2 unspecified atom stereocenters. The molecule has 0 radical (unpaired) electrons. The molecule has 4 amide bonds. The Balaban J connectivity index is 4.46. The van der Waals surface area contributed by atoms with Gasteiger partial charge in [0.1, 0.15) is 0 Å². The molecular formula is C13H26N4O4. The summed E-state index contributed by atoms with van der Waals surface area (Å²) in [6.07, 6.45) is 1.63. The zero-order valence-electron chi connectivity index (χ0n) is 12.6. The molecule has 0 aliphatic carbocycles. The lowest BCUT2D eigenvalue weighted by molar-refractivity contribution is -0.132. The highest BCUT2D eigenvalue weighted by Gasteiger charge is 2.26. The van der Waals surface area contributed by atoms with Gasteiger partial charge < -0.3 is 27.2 Å². The Hall–Kier alpha value is -1.83. The van der Waals surface area contributed by atoms with E-state index in [4.69, 9.17) is 11.5 Å². The number of amides is 4. The minimum atomic E-state index is -1.48. The van der Waals surface area contributed by atoms with Crippen molar-refractivity contribution in [1.29, 1.82) is 0 Å². The summed E-state index contributed by atoms with van der Waals surface area (Å²) >= 11 is 0. The maximum absolute atomic E-state index is 11.7. The first-order valence-corrected chi connectivity index (χ1v) is 7.07. The zero-order valence-corrected chi connectivity index (χ0v) is 12.6. The molecule has 0 spiro atoms. The molecule has 0 aromatic carbocycles. The summed E-state index contributed by atoms with van der Waals surface area (Å²) in [6.45, 7) is 3.81. The Morgan fingerprint density at radius 3 is 2.29 bits per heavy atom. The van der Waals surface area contributed by atoms with Gasteiger partial charge >= 0.3 is 6.03 Å². The van der Waals surface area contributed by atoms with Crippen LogP contribution in [0.4, 0.5) is 4.79 Å². The first-order chi connectivity index (χ1) is 9.77. The molecular weight excluding hydrogens is 276 g/mol. The lowest BCUT2D eigenvalue weighted by Crippen LogP contribution is -2.52. The van der Waals surface area contributed by atoms with Crippen molar-refractivity contribution < 1.29 is 19.5 Å². The molecule has 0 aromatic rings. The van der Waals surface area contributed by atoms with Crippen LogP contribution >= 0.6 is 0 Å². The second-order valence-electron chi connectivity index (χ2n) is 5.19. The predicted octanol–water partition coefficient (Wildman–Crippen LogP) is -0.798. The summed E-state index contributed by atoms with van der Waals surface area (Å²) in [5.41, 5.74) is 9.95. The number of rotatable bonds is 10. The highest BCUT2D eigenvalue weighted by atomic mass is 16.3. The van der Waals surface area contributed by atoms with Crippen LogP contribution in [0.1, 0.15) is 39.5 Å². The van der Waals surface area contributed by atoms with Gasteiger partial charge in [-0.15, -0.1) is 0 Å². The number of nitrogens with one attached hydrogen (secondary N) is 2. The average Bonchev–Trinajstić information content (AvgIpc) is 2.41. The van der Waals surface area contributed by atoms with Gasteiger partial charge in [-0.05, 0) is 12.3 Å². The van der Waals surface area contributed by atoms with Crippen molar-refractivity contribution in [3.05, 3.63) is 0 Å². The first kappa shape index (κ1) is 19.2. The van der Waals surface area contributed by atoms with Crippen LogP contribution in [-0.4, -0.2) is 41.6 Å². The van der Waals surface area contributed by atoms with Crippen molar-refractivity contribution in [2.75, 3.05) is 6.54 Å². The van der Waals surface area contributed by atoms with Crippen LogP contribution in [0.2, 0.25) is 0 Å². The Morgan fingerprint density at radius 1 is 1.19 bits per heavy atom. The molecule has 3 atom stereocenters.